The summed E-state index contributed by atoms with van der Waals surface area (Å²) in [4.78, 5) is 0. The predicted octanol–water partition coefficient (Wildman–Crippen LogP) is 4.75. The highest BCUT2D eigenvalue weighted by molar-refractivity contribution is 5.46. The summed E-state index contributed by atoms with van der Waals surface area (Å²) >= 11 is 0. The van der Waals surface area contributed by atoms with Gasteiger partial charge in [-0.3, -0.25) is 0 Å². The zero-order valence-electron chi connectivity index (χ0n) is 11.0. The minimum absolute atomic E-state index is 1.22. The Kier molecular flexibility index (Phi) is 2.43. The van der Waals surface area contributed by atoms with Gasteiger partial charge in [-0.2, -0.15) is 0 Å². The first-order chi connectivity index (χ1) is 8.90. The molecular weight excluding hydrogens is 216 g/mol. The Bertz CT molecular complexity index is 508. The van der Waals surface area contributed by atoms with Crippen molar-refractivity contribution in [1.29, 1.82) is 0 Å². The van der Waals surface area contributed by atoms with Gasteiger partial charge in [-0.25, -0.2) is 0 Å². The molecule has 92 valence electrons. The molecule has 0 bridgehead atoms. The highest BCUT2D eigenvalue weighted by Gasteiger charge is 2.25. The summed E-state index contributed by atoms with van der Waals surface area (Å²) in [5, 5.41) is 0. The summed E-state index contributed by atoms with van der Waals surface area (Å²) in [7, 11) is 0. The Hall–Kier alpha value is -1.30. The van der Waals surface area contributed by atoms with Gasteiger partial charge in [0.15, 0.2) is 0 Å². The average molecular weight is 236 g/mol. The smallest absolute Gasteiger partial charge is 0.00581 e. The topological polar surface area (TPSA) is 0 Å². The second kappa shape index (κ2) is 4.12. The van der Waals surface area contributed by atoms with Crippen LogP contribution in [0.4, 0.5) is 0 Å². The van der Waals surface area contributed by atoms with Crippen molar-refractivity contribution in [1.82, 2.24) is 0 Å². The summed E-state index contributed by atoms with van der Waals surface area (Å²) in [6.45, 7) is 0. The molecule has 0 aromatic heterocycles. The van der Waals surface area contributed by atoms with Crippen molar-refractivity contribution in [3.05, 3.63) is 57.7 Å². The standard InChI is InChI=1S/C18H20/c1-2-6-14-10-18-12-16-8-4-3-7-15(16)11-17(18)9-13(14)5-1/h1-2,5-6H,3-4,7-12H2. The fourth-order valence-electron chi connectivity index (χ4n) is 3.96. The monoisotopic (exact) mass is 236 g/mol. The van der Waals surface area contributed by atoms with Crippen LogP contribution in [-0.2, 0) is 12.8 Å². The number of fused-ring (bicyclic) bond motifs is 1. The molecule has 18 heavy (non-hydrogen) atoms. The molecule has 0 N–H and O–H groups in total. The molecule has 3 aliphatic rings. The lowest BCUT2D eigenvalue weighted by atomic mass is 9.73. The van der Waals surface area contributed by atoms with Crippen molar-refractivity contribution in [2.24, 2.45) is 0 Å². The maximum absolute atomic E-state index is 2.32. The molecule has 0 amide bonds. The first kappa shape index (κ1) is 10.6. The van der Waals surface area contributed by atoms with Crippen LogP contribution < -0.4 is 0 Å². The Balaban J connectivity index is 1.66. The number of rotatable bonds is 0. The number of hydrogen-bond acceptors (Lipinski definition) is 0. The predicted molar refractivity (Wildman–Crippen MR) is 75.6 cm³/mol. The first-order valence-corrected chi connectivity index (χ1v) is 7.36. The second-order valence-electron chi connectivity index (χ2n) is 6.10. The van der Waals surface area contributed by atoms with E-state index >= 15 is 0 Å². The van der Waals surface area contributed by atoms with E-state index in [2.05, 4.69) is 24.3 Å². The van der Waals surface area contributed by atoms with Crippen molar-refractivity contribution in [2.45, 2.75) is 51.4 Å². The fourth-order valence-corrected chi connectivity index (χ4v) is 3.96. The van der Waals surface area contributed by atoms with E-state index in [-0.39, 0.29) is 0 Å². The van der Waals surface area contributed by atoms with Gasteiger partial charge in [0.2, 0.25) is 0 Å². The van der Waals surface area contributed by atoms with E-state index in [1.54, 1.807) is 33.4 Å². The van der Waals surface area contributed by atoms with Crippen molar-refractivity contribution < 1.29 is 0 Å². The summed E-state index contributed by atoms with van der Waals surface area (Å²) < 4.78 is 0. The molecule has 0 saturated heterocycles. The van der Waals surface area contributed by atoms with Crippen molar-refractivity contribution in [3.8, 4) is 0 Å². The first-order valence-electron chi connectivity index (χ1n) is 7.36. The molecule has 1 aromatic rings. The maximum atomic E-state index is 2.32. The molecule has 1 aromatic carbocycles. The van der Waals surface area contributed by atoms with Crippen LogP contribution in [0.3, 0.4) is 0 Å². The molecule has 0 heteroatoms. The van der Waals surface area contributed by atoms with Crippen LogP contribution in [0, 0.1) is 0 Å². The molecular formula is C18H20. The summed E-state index contributed by atoms with van der Waals surface area (Å²) in [5.41, 5.74) is 10.3. The van der Waals surface area contributed by atoms with E-state index < -0.39 is 0 Å². The van der Waals surface area contributed by atoms with Gasteiger partial charge in [-0.05, 0) is 62.5 Å². The largest absolute Gasteiger partial charge is 0.0666 e. The van der Waals surface area contributed by atoms with Crippen LogP contribution in [-0.4, -0.2) is 0 Å². The lowest BCUT2D eigenvalue weighted by Crippen LogP contribution is -2.16. The molecule has 0 spiro atoms. The van der Waals surface area contributed by atoms with Crippen LogP contribution in [0.15, 0.2) is 46.6 Å². The zero-order valence-corrected chi connectivity index (χ0v) is 11.0. The van der Waals surface area contributed by atoms with E-state index in [1.807, 2.05) is 0 Å². The molecule has 0 fully saturated rings. The average Bonchev–Trinajstić information content (AvgIpc) is 2.42. The third-order valence-corrected chi connectivity index (χ3v) is 4.99. The summed E-state index contributed by atoms with van der Waals surface area (Å²) in [5.74, 6) is 0. The highest BCUT2D eigenvalue weighted by Crippen LogP contribution is 2.42. The summed E-state index contributed by atoms with van der Waals surface area (Å²) in [6.07, 6.45) is 10.7. The normalized spacial score (nSPS) is 22.4. The van der Waals surface area contributed by atoms with Crippen molar-refractivity contribution in [3.63, 3.8) is 0 Å². The Morgan fingerprint density at radius 2 is 1.06 bits per heavy atom. The molecule has 0 radical (unpaired) electrons. The molecule has 0 unspecified atom stereocenters. The Morgan fingerprint density at radius 3 is 1.56 bits per heavy atom. The number of benzene rings is 1. The van der Waals surface area contributed by atoms with Crippen LogP contribution in [0.5, 0.6) is 0 Å². The van der Waals surface area contributed by atoms with E-state index in [0.717, 1.165) is 0 Å². The quantitative estimate of drug-likeness (QED) is 0.570. The Labute approximate surface area is 109 Å². The van der Waals surface area contributed by atoms with Gasteiger partial charge in [0, 0.05) is 0 Å². The fraction of sp³-hybridized carbons (Fsp3) is 0.444. The van der Waals surface area contributed by atoms with Gasteiger partial charge in [0.25, 0.3) is 0 Å². The minimum Gasteiger partial charge on any atom is -0.0666 e. The van der Waals surface area contributed by atoms with E-state index in [9.17, 15) is 0 Å². The van der Waals surface area contributed by atoms with E-state index in [4.69, 9.17) is 0 Å². The van der Waals surface area contributed by atoms with Gasteiger partial charge >= 0.3 is 0 Å². The lowest BCUT2D eigenvalue weighted by molar-refractivity contribution is 0.622. The number of hydrogen-bond donors (Lipinski definition) is 0. The maximum Gasteiger partial charge on any atom is -0.00581 e. The van der Waals surface area contributed by atoms with Gasteiger partial charge in [0.05, 0.1) is 0 Å². The SMILES string of the molecule is c1ccc2c(c1)CC1=C(CC3=C(CCCC3)C1)C2. The molecule has 0 atom stereocenters. The second-order valence-corrected chi connectivity index (χ2v) is 6.10. The molecule has 0 aliphatic heterocycles. The molecule has 4 rings (SSSR count). The van der Waals surface area contributed by atoms with E-state index in [1.165, 1.54) is 51.4 Å². The molecule has 0 heterocycles. The van der Waals surface area contributed by atoms with Crippen LogP contribution in [0.25, 0.3) is 0 Å². The van der Waals surface area contributed by atoms with Crippen molar-refractivity contribution in [2.75, 3.05) is 0 Å². The molecule has 3 aliphatic carbocycles. The molecule has 0 saturated carbocycles. The van der Waals surface area contributed by atoms with Gasteiger partial charge in [-0.15, -0.1) is 0 Å². The summed E-state index contributed by atoms with van der Waals surface area (Å²) in [6, 6.07) is 9.03. The third-order valence-electron chi connectivity index (χ3n) is 4.99. The minimum atomic E-state index is 1.22. The van der Waals surface area contributed by atoms with Gasteiger partial charge in [0.1, 0.15) is 0 Å². The lowest BCUT2D eigenvalue weighted by Gasteiger charge is -2.32. The molecule has 0 nitrogen and oxygen atoms in total. The van der Waals surface area contributed by atoms with E-state index in [0.29, 0.717) is 0 Å². The van der Waals surface area contributed by atoms with Crippen LogP contribution in [0.1, 0.15) is 49.7 Å². The number of allylic oxidation sites excluding steroid dienone is 4. The third kappa shape index (κ3) is 1.67. The van der Waals surface area contributed by atoms with Gasteiger partial charge < -0.3 is 0 Å². The van der Waals surface area contributed by atoms with Gasteiger partial charge in [-0.1, -0.05) is 46.6 Å². The van der Waals surface area contributed by atoms with Crippen LogP contribution >= 0.6 is 0 Å². The van der Waals surface area contributed by atoms with Crippen LogP contribution in [0.2, 0.25) is 0 Å². The highest BCUT2D eigenvalue weighted by atomic mass is 14.3. The Morgan fingerprint density at radius 1 is 0.556 bits per heavy atom. The van der Waals surface area contributed by atoms with Crippen molar-refractivity contribution >= 4 is 0 Å². The zero-order chi connectivity index (χ0) is 11.9.